The molecular formula is C10H10F3N3O2. The van der Waals surface area contributed by atoms with E-state index in [0.717, 1.165) is 18.9 Å². The molecule has 1 aromatic rings. The second-order valence-corrected chi connectivity index (χ2v) is 4.02. The minimum absolute atomic E-state index is 0.0273. The molecule has 1 heterocycles. The Labute approximate surface area is 100 Å². The zero-order chi connectivity index (χ0) is 13.3. The third-order valence-electron chi connectivity index (χ3n) is 2.43. The molecule has 1 aliphatic carbocycles. The summed E-state index contributed by atoms with van der Waals surface area (Å²) in [7, 11) is 0. The smallest absolute Gasteiger partial charge is 0.433 e. The van der Waals surface area contributed by atoms with Gasteiger partial charge in [-0.1, -0.05) is 0 Å². The molecule has 0 aliphatic heterocycles. The second kappa shape index (κ2) is 4.43. The van der Waals surface area contributed by atoms with Crippen LogP contribution in [0.25, 0.3) is 0 Å². The van der Waals surface area contributed by atoms with Crippen LogP contribution in [0.3, 0.4) is 0 Å². The van der Waals surface area contributed by atoms with Crippen molar-refractivity contribution in [3.8, 4) is 0 Å². The second-order valence-electron chi connectivity index (χ2n) is 4.02. The summed E-state index contributed by atoms with van der Waals surface area (Å²) in [5.41, 5.74) is -0.738. The SMILES string of the molecule is O=C(O)CNc1nc(C2CC2)cc(C(F)(F)F)n1. The molecule has 5 nitrogen and oxygen atoms in total. The molecule has 0 unspecified atom stereocenters. The summed E-state index contributed by atoms with van der Waals surface area (Å²) in [6, 6.07) is 0.920. The van der Waals surface area contributed by atoms with Crippen LogP contribution < -0.4 is 5.32 Å². The number of carboxylic acids is 1. The number of aliphatic carboxylic acids is 1. The van der Waals surface area contributed by atoms with E-state index in [1.807, 2.05) is 0 Å². The summed E-state index contributed by atoms with van der Waals surface area (Å²) in [6.45, 7) is -0.522. The van der Waals surface area contributed by atoms with Crippen LogP contribution in [0, 0.1) is 0 Å². The molecule has 18 heavy (non-hydrogen) atoms. The van der Waals surface area contributed by atoms with Crippen molar-refractivity contribution in [1.82, 2.24) is 9.97 Å². The van der Waals surface area contributed by atoms with Gasteiger partial charge in [0.15, 0.2) is 0 Å². The fourth-order valence-corrected chi connectivity index (χ4v) is 1.43. The van der Waals surface area contributed by atoms with Crippen LogP contribution in [0.5, 0.6) is 0 Å². The molecular weight excluding hydrogens is 251 g/mol. The van der Waals surface area contributed by atoms with Gasteiger partial charge in [-0.25, -0.2) is 9.97 Å². The highest BCUT2D eigenvalue weighted by Gasteiger charge is 2.36. The van der Waals surface area contributed by atoms with Gasteiger partial charge in [0.1, 0.15) is 12.2 Å². The van der Waals surface area contributed by atoms with Crippen molar-refractivity contribution in [3.63, 3.8) is 0 Å². The average molecular weight is 261 g/mol. The van der Waals surface area contributed by atoms with Crippen molar-refractivity contribution in [2.75, 3.05) is 11.9 Å². The van der Waals surface area contributed by atoms with Gasteiger partial charge in [-0.3, -0.25) is 4.79 Å². The minimum Gasteiger partial charge on any atom is -0.480 e. The fraction of sp³-hybridized carbons (Fsp3) is 0.500. The number of halogens is 3. The molecule has 1 aliphatic rings. The van der Waals surface area contributed by atoms with E-state index in [2.05, 4.69) is 15.3 Å². The third kappa shape index (κ3) is 3.08. The van der Waals surface area contributed by atoms with Gasteiger partial charge < -0.3 is 10.4 Å². The van der Waals surface area contributed by atoms with Crippen molar-refractivity contribution in [3.05, 3.63) is 17.5 Å². The van der Waals surface area contributed by atoms with Crippen LogP contribution >= 0.6 is 0 Å². The third-order valence-corrected chi connectivity index (χ3v) is 2.43. The molecule has 1 aromatic heterocycles. The molecule has 2 rings (SSSR count). The highest BCUT2D eigenvalue weighted by atomic mass is 19.4. The molecule has 0 aromatic carbocycles. The fourth-order valence-electron chi connectivity index (χ4n) is 1.43. The highest BCUT2D eigenvalue weighted by molar-refractivity contribution is 5.71. The predicted octanol–water partition coefficient (Wildman–Crippen LogP) is 1.87. The molecule has 0 amide bonds. The Morgan fingerprint density at radius 3 is 2.61 bits per heavy atom. The summed E-state index contributed by atoms with van der Waals surface area (Å²) in [5.74, 6) is -1.46. The Balaban J connectivity index is 2.27. The Hall–Kier alpha value is -1.86. The normalized spacial score (nSPS) is 15.5. The standard InChI is InChI=1S/C10H10F3N3O2/c11-10(12,13)7-3-6(5-1-2-5)15-9(16-7)14-4-8(17)18/h3,5H,1-2,4H2,(H,17,18)(H,14,15,16). The van der Waals surface area contributed by atoms with Gasteiger partial charge in [0.25, 0.3) is 0 Å². The molecule has 0 bridgehead atoms. The molecule has 98 valence electrons. The first-order valence-electron chi connectivity index (χ1n) is 5.28. The number of rotatable bonds is 4. The lowest BCUT2D eigenvalue weighted by Crippen LogP contribution is -2.17. The lowest BCUT2D eigenvalue weighted by molar-refractivity contribution is -0.141. The van der Waals surface area contributed by atoms with Crippen LogP contribution in [0.4, 0.5) is 19.1 Å². The van der Waals surface area contributed by atoms with E-state index >= 15 is 0 Å². The molecule has 0 radical (unpaired) electrons. The van der Waals surface area contributed by atoms with E-state index in [0.29, 0.717) is 5.69 Å². The van der Waals surface area contributed by atoms with Crippen molar-refractivity contribution in [2.24, 2.45) is 0 Å². The Kier molecular flexibility index (Phi) is 3.10. The van der Waals surface area contributed by atoms with Gasteiger partial charge in [-0.2, -0.15) is 13.2 Å². The molecule has 0 saturated heterocycles. The monoisotopic (exact) mass is 261 g/mol. The van der Waals surface area contributed by atoms with E-state index in [9.17, 15) is 18.0 Å². The summed E-state index contributed by atoms with van der Waals surface area (Å²) < 4.78 is 37.8. The van der Waals surface area contributed by atoms with Gasteiger partial charge >= 0.3 is 12.1 Å². The van der Waals surface area contributed by atoms with Crippen LogP contribution in [0.15, 0.2) is 6.07 Å². The van der Waals surface area contributed by atoms with Crippen molar-refractivity contribution in [2.45, 2.75) is 24.9 Å². The molecule has 8 heteroatoms. The van der Waals surface area contributed by atoms with Crippen LogP contribution in [-0.4, -0.2) is 27.6 Å². The van der Waals surface area contributed by atoms with Gasteiger partial charge in [-0.05, 0) is 18.9 Å². The first-order chi connectivity index (χ1) is 8.36. The average Bonchev–Trinajstić information content (AvgIpc) is 3.08. The maximum absolute atomic E-state index is 12.6. The summed E-state index contributed by atoms with van der Waals surface area (Å²) in [6.07, 6.45) is -2.97. The first kappa shape index (κ1) is 12.6. The maximum Gasteiger partial charge on any atom is 0.433 e. The minimum atomic E-state index is -4.56. The highest BCUT2D eigenvalue weighted by Crippen LogP contribution is 2.40. The molecule has 1 saturated carbocycles. The molecule has 2 N–H and O–H groups in total. The first-order valence-corrected chi connectivity index (χ1v) is 5.28. The maximum atomic E-state index is 12.6. The summed E-state index contributed by atoms with van der Waals surface area (Å²) in [4.78, 5) is 17.5. The molecule has 0 spiro atoms. The lowest BCUT2D eigenvalue weighted by atomic mass is 10.2. The van der Waals surface area contributed by atoms with E-state index < -0.39 is 24.4 Å². The largest absolute Gasteiger partial charge is 0.480 e. The van der Waals surface area contributed by atoms with E-state index in [1.165, 1.54) is 0 Å². The van der Waals surface area contributed by atoms with Gasteiger partial charge in [0, 0.05) is 11.6 Å². The quantitative estimate of drug-likeness (QED) is 0.865. The van der Waals surface area contributed by atoms with Gasteiger partial charge in [0.05, 0.1) is 0 Å². The molecule has 1 fully saturated rings. The topological polar surface area (TPSA) is 75.1 Å². The number of hydrogen-bond donors (Lipinski definition) is 2. The number of aromatic nitrogens is 2. The predicted molar refractivity (Wildman–Crippen MR) is 55.1 cm³/mol. The van der Waals surface area contributed by atoms with Gasteiger partial charge in [-0.15, -0.1) is 0 Å². The van der Waals surface area contributed by atoms with Crippen molar-refractivity contribution in [1.29, 1.82) is 0 Å². The summed E-state index contributed by atoms with van der Waals surface area (Å²) in [5, 5.41) is 10.7. The molecule has 0 atom stereocenters. The van der Waals surface area contributed by atoms with Crippen LogP contribution in [0.1, 0.15) is 30.1 Å². The Bertz CT molecular complexity index is 472. The van der Waals surface area contributed by atoms with E-state index in [-0.39, 0.29) is 11.9 Å². The Morgan fingerprint density at radius 1 is 1.44 bits per heavy atom. The number of carboxylic acid groups (broad SMARTS) is 1. The number of hydrogen-bond acceptors (Lipinski definition) is 4. The number of alkyl halides is 3. The Morgan fingerprint density at radius 2 is 2.11 bits per heavy atom. The summed E-state index contributed by atoms with van der Waals surface area (Å²) >= 11 is 0. The number of nitrogens with one attached hydrogen (secondary N) is 1. The number of nitrogens with zero attached hydrogens (tertiary/aromatic N) is 2. The zero-order valence-corrected chi connectivity index (χ0v) is 9.16. The van der Waals surface area contributed by atoms with Gasteiger partial charge in [0.2, 0.25) is 5.95 Å². The van der Waals surface area contributed by atoms with Crippen molar-refractivity contribution < 1.29 is 23.1 Å². The van der Waals surface area contributed by atoms with Crippen molar-refractivity contribution >= 4 is 11.9 Å². The zero-order valence-electron chi connectivity index (χ0n) is 9.16. The van der Waals surface area contributed by atoms with Crippen LogP contribution in [0.2, 0.25) is 0 Å². The number of anilines is 1. The van der Waals surface area contributed by atoms with E-state index in [1.54, 1.807) is 0 Å². The number of carbonyl (C=O) groups is 1. The van der Waals surface area contributed by atoms with E-state index in [4.69, 9.17) is 5.11 Å². The lowest BCUT2D eigenvalue weighted by Gasteiger charge is -2.10. The van der Waals surface area contributed by atoms with Crippen LogP contribution in [-0.2, 0) is 11.0 Å².